The molecule has 4 rings (SSSR count). The molecule has 1 amide bonds. The van der Waals surface area contributed by atoms with Gasteiger partial charge in [0.25, 0.3) is 5.91 Å². The Morgan fingerprint density at radius 2 is 1.96 bits per heavy atom. The molecule has 6 heteroatoms. The molecule has 142 valence electrons. The van der Waals surface area contributed by atoms with Gasteiger partial charge in [0.2, 0.25) is 0 Å². The van der Waals surface area contributed by atoms with Gasteiger partial charge in [0.15, 0.2) is 11.6 Å². The Morgan fingerprint density at radius 3 is 2.70 bits per heavy atom. The second kappa shape index (κ2) is 7.66. The minimum Gasteiger partial charge on any atom is -0.494 e. The van der Waals surface area contributed by atoms with E-state index in [9.17, 15) is 9.18 Å². The molecule has 2 heterocycles. The van der Waals surface area contributed by atoms with Gasteiger partial charge >= 0.3 is 0 Å². The van der Waals surface area contributed by atoms with Crippen molar-refractivity contribution in [3.8, 4) is 5.75 Å². The third-order valence-corrected chi connectivity index (χ3v) is 5.38. The lowest BCUT2D eigenvalue weighted by atomic mass is 10.00. The topological polar surface area (TPSA) is 42.0 Å². The van der Waals surface area contributed by atoms with Gasteiger partial charge < -0.3 is 14.4 Å². The number of hydrogen-bond donors (Lipinski definition) is 0. The number of morpholine rings is 1. The normalized spacial score (nSPS) is 23.0. The van der Waals surface area contributed by atoms with Gasteiger partial charge in [0.05, 0.1) is 32.4 Å². The molecular weight excluding hydrogens is 347 g/mol. The highest BCUT2D eigenvalue weighted by molar-refractivity contribution is 5.94. The lowest BCUT2D eigenvalue weighted by molar-refractivity contribution is -0.0770. The van der Waals surface area contributed by atoms with Crippen LogP contribution in [0, 0.1) is 5.82 Å². The highest BCUT2D eigenvalue weighted by Gasteiger charge is 2.37. The molecule has 27 heavy (non-hydrogen) atoms. The number of methoxy groups -OCH3 is 1. The zero-order chi connectivity index (χ0) is 18.8. The van der Waals surface area contributed by atoms with E-state index in [-0.39, 0.29) is 23.7 Å². The molecule has 2 aliphatic rings. The second-order valence-electron chi connectivity index (χ2n) is 6.96. The zero-order valence-corrected chi connectivity index (χ0v) is 15.3. The molecule has 2 fully saturated rings. The van der Waals surface area contributed by atoms with Crippen molar-refractivity contribution in [2.24, 2.45) is 0 Å². The maximum Gasteiger partial charge on any atom is 0.254 e. The summed E-state index contributed by atoms with van der Waals surface area (Å²) in [5.41, 5.74) is 1.58. The van der Waals surface area contributed by atoms with Crippen LogP contribution in [0.15, 0.2) is 48.5 Å². The number of amides is 1. The summed E-state index contributed by atoms with van der Waals surface area (Å²) < 4.78 is 24.7. The second-order valence-corrected chi connectivity index (χ2v) is 6.96. The number of halogens is 1. The molecular formula is C21H23FN2O3. The van der Waals surface area contributed by atoms with E-state index in [1.54, 1.807) is 11.0 Å². The molecule has 0 spiro atoms. The van der Waals surface area contributed by atoms with Crippen molar-refractivity contribution in [3.63, 3.8) is 0 Å². The van der Waals surface area contributed by atoms with Gasteiger partial charge in [0.1, 0.15) is 0 Å². The first-order valence-electron chi connectivity index (χ1n) is 9.18. The van der Waals surface area contributed by atoms with Crippen LogP contribution in [-0.4, -0.2) is 61.7 Å². The van der Waals surface area contributed by atoms with Crippen LogP contribution in [0.2, 0.25) is 0 Å². The van der Waals surface area contributed by atoms with Gasteiger partial charge in [0, 0.05) is 25.2 Å². The number of hydrogen-bond acceptors (Lipinski definition) is 4. The molecule has 0 bridgehead atoms. The fourth-order valence-corrected chi connectivity index (χ4v) is 3.97. The van der Waals surface area contributed by atoms with E-state index in [1.165, 1.54) is 24.8 Å². The monoisotopic (exact) mass is 370 g/mol. The average Bonchev–Trinajstić information content (AvgIpc) is 2.73. The summed E-state index contributed by atoms with van der Waals surface area (Å²) in [6, 6.07) is 15.0. The molecule has 2 saturated heterocycles. The van der Waals surface area contributed by atoms with Crippen molar-refractivity contribution in [1.29, 1.82) is 0 Å². The van der Waals surface area contributed by atoms with Crippen LogP contribution >= 0.6 is 0 Å². The fraction of sp³-hybridized carbons (Fsp3) is 0.381. The molecule has 2 aromatic rings. The maximum atomic E-state index is 14.0. The SMILES string of the molecule is COc1ccc(C(=O)N2CCN3[C@@H](COC[C@@H]3c3ccccc3)C2)cc1F. The molecule has 2 aromatic carbocycles. The third kappa shape index (κ3) is 3.55. The number of piperazine rings is 1. The minimum absolute atomic E-state index is 0.141. The largest absolute Gasteiger partial charge is 0.494 e. The Bertz CT molecular complexity index is 814. The summed E-state index contributed by atoms with van der Waals surface area (Å²) in [5.74, 6) is -0.534. The Hall–Kier alpha value is -2.44. The fourth-order valence-electron chi connectivity index (χ4n) is 3.97. The van der Waals surface area contributed by atoms with Crippen LogP contribution in [-0.2, 0) is 4.74 Å². The summed E-state index contributed by atoms with van der Waals surface area (Å²) in [6.45, 7) is 3.24. The Kier molecular flexibility index (Phi) is 5.09. The van der Waals surface area contributed by atoms with Gasteiger partial charge in [-0.15, -0.1) is 0 Å². The summed E-state index contributed by atoms with van der Waals surface area (Å²) in [7, 11) is 1.41. The van der Waals surface area contributed by atoms with Crippen molar-refractivity contribution >= 4 is 5.91 Å². The molecule has 0 aromatic heterocycles. The standard InChI is InChI=1S/C21H23FN2O3/c1-26-20-8-7-16(11-18(20)22)21(25)23-9-10-24-17(12-23)13-27-14-19(24)15-5-3-2-4-6-15/h2-8,11,17,19H,9-10,12-14H2,1H3/t17-,19-/m1/s1. The lowest BCUT2D eigenvalue weighted by Gasteiger charge is -2.48. The van der Waals surface area contributed by atoms with Crippen LogP contribution in [0.3, 0.4) is 0 Å². The third-order valence-electron chi connectivity index (χ3n) is 5.38. The Morgan fingerprint density at radius 1 is 1.15 bits per heavy atom. The molecule has 2 atom stereocenters. The van der Waals surface area contributed by atoms with Gasteiger partial charge in [-0.3, -0.25) is 9.69 Å². The van der Waals surface area contributed by atoms with Crippen LogP contribution in [0.25, 0.3) is 0 Å². The van der Waals surface area contributed by atoms with Crippen molar-refractivity contribution in [3.05, 3.63) is 65.5 Å². The van der Waals surface area contributed by atoms with E-state index in [2.05, 4.69) is 17.0 Å². The highest BCUT2D eigenvalue weighted by Crippen LogP contribution is 2.30. The Labute approximate surface area is 158 Å². The van der Waals surface area contributed by atoms with E-state index < -0.39 is 5.82 Å². The number of carbonyl (C=O) groups is 1. The van der Waals surface area contributed by atoms with Crippen LogP contribution < -0.4 is 4.74 Å². The van der Waals surface area contributed by atoms with Gasteiger partial charge in [-0.1, -0.05) is 30.3 Å². The smallest absolute Gasteiger partial charge is 0.254 e. The summed E-state index contributed by atoms with van der Waals surface area (Å²) in [6.07, 6.45) is 0. The van der Waals surface area contributed by atoms with Gasteiger partial charge in [-0.2, -0.15) is 0 Å². The van der Waals surface area contributed by atoms with E-state index >= 15 is 0 Å². The van der Waals surface area contributed by atoms with E-state index in [4.69, 9.17) is 9.47 Å². The van der Waals surface area contributed by atoms with Crippen molar-refractivity contribution < 1.29 is 18.7 Å². The maximum absolute atomic E-state index is 14.0. The predicted octanol–water partition coefficient (Wildman–Crippen LogP) is 2.73. The number of fused-ring (bicyclic) bond motifs is 1. The van der Waals surface area contributed by atoms with Gasteiger partial charge in [-0.05, 0) is 23.8 Å². The van der Waals surface area contributed by atoms with E-state index in [0.717, 1.165) is 6.54 Å². The molecule has 2 aliphatic heterocycles. The predicted molar refractivity (Wildman–Crippen MR) is 99.4 cm³/mol. The van der Waals surface area contributed by atoms with Crippen LogP contribution in [0.5, 0.6) is 5.75 Å². The van der Waals surface area contributed by atoms with E-state index in [0.29, 0.717) is 31.9 Å². The van der Waals surface area contributed by atoms with Crippen molar-refractivity contribution in [2.45, 2.75) is 12.1 Å². The average molecular weight is 370 g/mol. The molecule has 0 aliphatic carbocycles. The molecule has 0 N–H and O–H groups in total. The summed E-state index contributed by atoms with van der Waals surface area (Å²) in [4.78, 5) is 17.1. The van der Waals surface area contributed by atoms with Crippen LogP contribution in [0.1, 0.15) is 22.0 Å². The summed E-state index contributed by atoms with van der Waals surface area (Å²) in [5, 5.41) is 0. The van der Waals surface area contributed by atoms with Crippen molar-refractivity contribution in [1.82, 2.24) is 9.80 Å². The molecule has 0 saturated carbocycles. The number of carbonyl (C=O) groups excluding carboxylic acids is 1. The first kappa shape index (κ1) is 17.9. The number of rotatable bonds is 3. The summed E-state index contributed by atoms with van der Waals surface area (Å²) >= 11 is 0. The number of nitrogens with zero attached hydrogens (tertiary/aromatic N) is 2. The molecule has 0 radical (unpaired) electrons. The Balaban J connectivity index is 1.48. The lowest BCUT2D eigenvalue weighted by Crippen LogP contribution is -2.60. The molecule has 5 nitrogen and oxygen atoms in total. The highest BCUT2D eigenvalue weighted by atomic mass is 19.1. The van der Waals surface area contributed by atoms with E-state index in [1.807, 2.05) is 18.2 Å². The minimum atomic E-state index is -0.521. The number of benzene rings is 2. The molecule has 0 unspecified atom stereocenters. The van der Waals surface area contributed by atoms with Gasteiger partial charge in [-0.25, -0.2) is 4.39 Å². The van der Waals surface area contributed by atoms with Crippen molar-refractivity contribution in [2.75, 3.05) is 40.0 Å². The first-order chi connectivity index (χ1) is 13.2. The number of ether oxygens (including phenoxy) is 2. The zero-order valence-electron chi connectivity index (χ0n) is 15.3. The van der Waals surface area contributed by atoms with Crippen LogP contribution in [0.4, 0.5) is 4.39 Å². The first-order valence-corrected chi connectivity index (χ1v) is 9.18. The quantitative estimate of drug-likeness (QED) is 0.833.